The first kappa shape index (κ1) is 14.3. The fourth-order valence-electron chi connectivity index (χ4n) is 2.08. The van der Waals surface area contributed by atoms with Gasteiger partial charge in [0.1, 0.15) is 0 Å². The van der Waals surface area contributed by atoms with E-state index in [1.54, 1.807) is 12.3 Å². The Hall–Kier alpha value is -2.69. The average molecular weight is 300 g/mol. The van der Waals surface area contributed by atoms with E-state index in [9.17, 15) is 13.2 Å². The molecule has 110 valence electrons. The number of hydrogen-bond acceptors (Lipinski definition) is 2. The molecular formula is C17H11F3N2. The highest BCUT2D eigenvalue weighted by molar-refractivity contribution is 5.64. The number of rotatable bonds is 2. The predicted octanol–water partition coefficient (Wildman–Crippen LogP) is 4.83. The predicted molar refractivity (Wildman–Crippen MR) is 77.9 cm³/mol. The third kappa shape index (κ3) is 2.98. The molecule has 0 radical (unpaired) electrons. The van der Waals surface area contributed by atoms with Crippen LogP contribution in [-0.2, 0) is 6.18 Å². The molecule has 5 heteroatoms. The maximum atomic E-state index is 12.6. The van der Waals surface area contributed by atoms with Gasteiger partial charge in [-0.25, -0.2) is 4.98 Å². The largest absolute Gasteiger partial charge is 0.416 e. The first-order valence-corrected chi connectivity index (χ1v) is 6.60. The van der Waals surface area contributed by atoms with Crippen molar-refractivity contribution in [2.75, 3.05) is 0 Å². The van der Waals surface area contributed by atoms with Crippen molar-refractivity contribution in [2.24, 2.45) is 0 Å². The first-order valence-electron chi connectivity index (χ1n) is 6.60. The lowest BCUT2D eigenvalue weighted by atomic mass is 10.1. The molecule has 0 N–H and O–H groups in total. The molecule has 0 aliphatic carbocycles. The number of nitrogens with zero attached hydrogens (tertiary/aromatic N) is 2. The molecule has 0 aliphatic rings. The molecule has 0 atom stereocenters. The molecule has 22 heavy (non-hydrogen) atoms. The summed E-state index contributed by atoms with van der Waals surface area (Å²) in [5, 5.41) is 0. The molecule has 0 fully saturated rings. The zero-order valence-corrected chi connectivity index (χ0v) is 11.4. The van der Waals surface area contributed by atoms with E-state index in [1.807, 2.05) is 30.3 Å². The summed E-state index contributed by atoms with van der Waals surface area (Å²) >= 11 is 0. The van der Waals surface area contributed by atoms with Gasteiger partial charge < -0.3 is 0 Å². The van der Waals surface area contributed by atoms with Crippen LogP contribution in [0.25, 0.3) is 22.6 Å². The fourth-order valence-corrected chi connectivity index (χ4v) is 2.08. The molecule has 0 unspecified atom stereocenters. The molecule has 0 amide bonds. The summed E-state index contributed by atoms with van der Waals surface area (Å²) in [5.74, 6) is 0. The van der Waals surface area contributed by atoms with Crippen LogP contribution in [0.4, 0.5) is 13.2 Å². The van der Waals surface area contributed by atoms with E-state index < -0.39 is 11.7 Å². The quantitative estimate of drug-likeness (QED) is 0.677. The lowest BCUT2D eigenvalue weighted by molar-refractivity contribution is -0.137. The Bertz CT molecular complexity index is 766. The maximum Gasteiger partial charge on any atom is 0.416 e. The van der Waals surface area contributed by atoms with E-state index in [-0.39, 0.29) is 0 Å². The van der Waals surface area contributed by atoms with Gasteiger partial charge in [-0.1, -0.05) is 24.3 Å². The molecule has 2 heterocycles. The van der Waals surface area contributed by atoms with Crippen molar-refractivity contribution in [1.82, 2.24) is 9.97 Å². The van der Waals surface area contributed by atoms with Gasteiger partial charge in [0, 0.05) is 11.8 Å². The van der Waals surface area contributed by atoms with E-state index in [2.05, 4.69) is 9.97 Å². The van der Waals surface area contributed by atoms with E-state index >= 15 is 0 Å². The van der Waals surface area contributed by atoms with Crippen LogP contribution in [0.1, 0.15) is 5.56 Å². The van der Waals surface area contributed by atoms with Gasteiger partial charge in [0.2, 0.25) is 0 Å². The Morgan fingerprint density at radius 1 is 0.682 bits per heavy atom. The lowest BCUT2D eigenvalue weighted by Gasteiger charge is -2.08. The van der Waals surface area contributed by atoms with Gasteiger partial charge in [-0.15, -0.1) is 0 Å². The monoisotopic (exact) mass is 300 g/mol. The van der Waals surface area contributed by atoms with Crippen molar-refractivity contribution in [3.05, 3.63) is 72.4 Å². The zero-order chi connectivity index (χ0) is 15.6. The van der Waals surface area contributed by atoms with Crippen LogP contribution in [0.5, 0.6) is 0 Å². The van der Waals surface area contributed by atoms with Crippen LogP contribution in [0.2, 0.25) is 0 Å². The van der Waals surface area contributed by atoms with Crippen molar-refractivity contribution >= 4 is 0 Å². The Morgan fingerprint density at radius 3 is 2.00 bits per heavy atom. The number of benzene rings is 1. The van der Waals surface area contributed by atoms with Gasteiger partial charge in [-0.3, -0.25) is 4.98 Å². The zero-order valence-electron chi connectivity index (χ0n) is 11.4. The van der Waals surface area contributed by atoms with Crippen molar-refractivity contribution in [2.45, 2.75) is 6.18 Å². The van der Waals surface area contributed by atoms with Gasteiger partial charge >= 0.3 is 6.18 Å². The Labute approximate surface area is 125 Å². The third-order valence-corrected chi connectivity index (χ3v) is 3.18. The summed E-state index contributed by atoms with van der Waals surface area (Å²) in [4.78, 5) is 8.68. The minimum atomic E-state index is -4.33. The number of hydrogen-bond donors (Lipinski definition) is 0. The molecule has 1 aromatic carbocycles. The summed E-state index contributed by atoms with van der Waals surface area (Å²) in [5.41, 5.74) is 1.97. The number of pyridine rings is 2. The SMILES string of the molecule is FC(F)(F)c1ccc(-c2cccc(-c3ccccn3)n2)cc1. The highest BCUT2D eigenvalue weighted by Gasteiger charge is 2.29. The molecule has 0 spiro atoms. The second kappa shape index (κ2) is 5.60. The van der Waals surface area contributed by atoms with Crippen molar-refractivity contribution in [3.63, 3.8) is 0 Å². The molecule has 0 aliphatic heterocycles. The molecule has 0 bridgehead atoms. The molecule has 0 saturated heterocycles. The van der Waals surface area contributed by atoms with Gasteiger partial charge in [-0.2, -0.15) is 13.2 Å². The molecule has 2 nitrogen and oxygen atoms in total. The summed E-state index contributed by atoms with van der Waals surface area (Å²) < 4.78 is 37.8. The Morgan fingerprint density at radius 2 is 1.36 bits per heavy atom. The molecule has 3 aromatic rings. The third-order valence-electron chi connectivity index (χ3n) is 3.18. The summed E-state index contributed by atoms with van der Waals surface area (Å²) in [6.07, 6.45) is -2.66. The highest BCUT2D eigenvalue weighted by atomic mass is 19.4. The minimum absolute atomic E-state index is 0.608. The standard InChI is InChI=1S/C17H11F3N2/c18-17(19,20)13-9-7-12(8-10-13)14-5-3-6-16(22-14)15-4-1-2-11-21-15/h1-11H. The maximum absolute atomic E-state index is 12.6. The number of alkyl halides is 3. The van der Waals surface area contributed by atoms with Gasteiger partial charge in [-0.05, 0) is 36.4 Å². The first-order chi connectivity index (χ1) is 10.5. The van der Waals surface area contributed by atoms with E-state index in [4.69, 9.17) is 0 Å². The second-order valence-electron chi connectivity index (χ2n) is 4.70. The van der Waals surface area contributed by atoms with E-state index in [0.717, 1.165) is 17.8 Å². The lowest BCUT2D eigenvalue weighted by Crippen LogP contribution is -2.04. The molecule has 0 saturated carbocycles. The minimum Gasteiger partial charge on any atom is -0.255 e. The highest BCUT2D eigenvalue weighted by Crippen LogP contribution is 2.30. The van der Waals surface area contributed by atoms with E-state index in [0.29, 0.717) is 17.0 Å². The van der Waals surface area contributed by atoms with Crippen LogP contribution >= 0.6 is 0 Å². The van der Waals surface area contributed by atoms with Crippen molar-refractivity contribution in [3.8, 4) is 22.6 Å². The van der Waals surface area contributed by atoms with Crippen LogP contribution in [-0.4, -0.2) is 9.97 Å². The van der Waals surface area contributed by atoms with Gasteiger partial charge in [0.25, 0.3) is 0 Å². The molecule has 3 rings (SSSR count). The summed E-state index contributed by atoms with van der Waals surface area (Å²) in [6, 6.07) is 15.8. The van der Waals surface area contributed by atoms with Gasteiger partial charge in [0.05, 0.1) is 22.6 Å². The smallest absolute Gasteiger partial charge is 0.255 e. The van der Waals surface area contributed by atoms with Crippen molar-refractivity contribution < 1.29 is 13.2 Å². The fraction of sp³-hybridized carbons (Fsp3) is 0.0588. The summed E-state index contributed by atoms with van der Waals surface area (Å²) in [7, 11) is 0. The number of aromatic nitrogens is 2. The summed E-state index contributed by atoms with van der Waals surface area (Å²) in [6.45, 7) is 0. The Kier molecular flexibility index (Phi) is 3.63. The van der Waals surface area contributed by atoms with Crippen LogP contribution in [0.3, 0.4) is 0 Å². The van der Waals surface area contributed by atoms with Gasteiger partial charge in [0.15, 0.2) is 0 Å². The molecule has 2 aromatic heterocycles. The average Bonchev–Trinajstić information content (AvgIpc) is 2.55. The van der Waals surface area contributed by atoms with Crippen LogP contribution in [0, 0.1) is 0 Å². The van der Waals surface area contributed by atoms with E-state index in [1.165, 1.54) is 12.1 Å². The normalized spacial score (nSPS) is 11.4. The number of halogens is 3. The Balaban J connectivity index is 1.96. The topological polar surface area (TPSA) is 25.8 Å². The van der Waals surface area contributed by atoms with Crippen LogP contribution in [0.15, 0.2) is 66.9 Å². The van der Waals surface area contributed by atoms with Crippen molar-refractivity contribution in [1.29, 1.82) is 0 Å². The van der Waals surface area contributed by atoms with Crippen LogP contribution < -0.4 is 0 Å². The molecular weight excluding hydrogens is 289 g/mol. The second-order valence-corrected chi connectivity index (χ2v) is 4.70.